The third kappa shape index (κ3) is 2.56. The molecule has 18 heavy (non-hydrogen) atoms. The number of hydrogen-bond acceptors (Lipinski definition) is 3. The highest BCUT2D eigenvalue weighted by atomic mass is 16.5. The predicted octanol–water partition coefficient (Wildman–Crippen LogP) is 2.52. The molecule has 0 aromatic carbocycles. The van der Waals surface area contributed by atoms with Gasteiger partial charge in [-0.1, -0.05) is 18.2 Å². The van der Waals surface area contributed by atoms with Crippen LogP contribution >= 0.6 is 0 Å². The van der Waals surface area contributed by atoms with Crippen molar-refractivity contribution in [3.05, 3.63) is 35.5 Å². The summed E-state index contributed by atoms with van der Waals surface area (Å²) in [6.07, 6.45) is 5.64. The van der Waals surface area contributed by atoms with E-state index in [9.17, 15) is 9.90 Å². The lowest BCUT2D eigenvalue weighted by molar-refractivity contribution is -0.137. The van der Waals surface area contributed by atoms with Crippen LogP contribution in [0, 0.1) is 5.92 Å². The molecule has 1 heterocycles. The second-order valence-corrected chi connectivity index (χ2v) is 5.25. The highest BCUT2D eigenvalue weighted by Gasteiger charge is 2.38. The number of allylic oxidation sites excluding steroid dienone is 2. The van der Waals surface area contributed by atoms with Crippen molar-refractivity contribution in [2.24, 2.45) is 5.92 Å². The molecule has 0 bridgehead atoms. The van der Waals surface area contributed by atoms with E-state index < -0.39 is 6.10 Å². The quantitative estimate of drug-likeness (QED) is 0.407. The molecule has 0 aromatic heterocycles. The van der Waals surface area contributed by atoms with Gasteiger partial charge in [-0.15, -0.1) is 0 Å². The third-order valence-corrected chi connectivity index (χ3v) is 3.81. The largest absolute Gasteiger partial charge is 0.454 e. The van der Waals surface area contributed by atoms with Crippen LogP contribution < -0.4 is 0 Å². The SMILES string of the molecule is C=C1C(=O)O[C@@H]2/C=C(\C)CC/C=C(\C)[C@H](O)C[C@@H]12. The number of hydrogen-bond donors (Lipinski definition) is 1. The molecule has 0 aromatic rings. The van der Waals surface area contributed by atoms with Crippen molar-refractivity contribution >= 4 is 5.97 Å². The maximum absolute atomic E-state index is 11.6. The molecule has 3 heteroatoms. The van der Waals surface area contributed by atoms with Crippen molar-refractivity contribution in [2.75, 3.05) is 0 Å². The van der Waals surface area contributed by atoms with E-state index in [1.165, 1.54) is 5.57 Å². The van der Waals surface area contributed by atoms with E-state index in [-0.39, 0.29) is 18.0 Å². The molecule has 0 unspecified atom stereocenters. The van der Waals surface area contributed by atoms with Crippen LogP contribution in [0.25, 0.3) is 0 Å². The Hall–Kier alpha value is -1.35. The molecule has 0 amide bonds. The number of carbonyl (C=O) groups excluding carboxylic acids is 1. The van der Waals surface area contributed by atoms with Crippen molar-refractivity contribution in [1.82, 2.24) is 0 Å². The van der Waals surface area contributed by atoms with Gasteiger partial charge in [0.25, 0.3) is 0 Å². The average Bonchev–Trinajstić information content (AvgIpc) is 2.56. The molecule has 1 saturated heterocycles. The summed E-state index contributed by atoms with van der Waals surface area (Å²) in [5.74, 6) is -0.439. The van der Waals surface area contributed by atoms with E-state index in [2.05, 4.69) is 12.7 Å². The summed E-state index contributed by atoms with van der Waals surface area (Å²) < 4.78 is 5.32. The first kappa shape index (κ1) is 13.1. The monoisotopic (exact) mass is 248 g/mol. The van der Waals surface area contributed by atoms with E-state index >= 15 is 0 Å². The fraction of sp³-hybridized carbons (Fsp3) is 0.533. The number of rotatable bonds is 0. The molecule has 1 N–H and O–H groups in total. The Labute approximate surface area is 108 Å². The molecule has 2 aliphatic rings. The lowest BCUT2D eigenvalue weighted by Gasteiger charge is -2.21. The van der Waals surface area contributed by atoms with E-state index in [0.717, 1.165) is 18.4 Å². The maximum Gasteiger partial charge on any atom is 0.334 e. The Balaban J connectivity index is 2.30. The molecule has 1 fully saturated rings. The molecular weight excluding hydrogens is 228 g/mol. The Morgan fingerprint density at radius 3 is 2.89 bits per heavy atom. The first-order valence-corrected chi connectivity index (χ1v) is 6.41. The van der Waals surface area contributed by atoms with Gasteiger partial charge in [-0.3, -0.25) is 0 Å². The molecule has 0 radical (unpaired) electrons. The molecule has 0 spiro atoms. The number of carbonyl (C=O) groups is 1. The van der Waals surface area contributed by atoms with E-state index in [4.69, 9.17) is 4.74 Å². The molecule has 1 aliphatic heterocycles. The van der Waals surface area contributed by atoms with Crippen LogP contribution in [-0.4, -0.2) is 23.3 Å². The number of fused-ring (bicyclic) bond motifs is 1. The van der Waals surface area contributed by atoms with Gasteiger partial charge in [0.1, 0.15) is 6.10 Å². The predicted molar refractivity (Wildman–Crippen MR) is 69.9 cm³/mol. The van der Waals surface area contributed by atoms with Gasteiger partial charge in [-0.25, -0.2) is 4.79 Å². The van der Waals surface area contributed by atoms with Gasteiger partial charge >= 0.3 is 5.97 Å². The van der Waals surface area contributed by atoms with Crippen LogP contribution in [0.4, 0.5) is 0 Å². The Morgan fingerprint density at radius 1 is 1.44 bits per heavy atom. The summed E-state index contributed by atoms with van der Waals surface area (Å²) in [7, 11) is 0. The summed E-state index contributed by atoms with van der Waals surface area (Å²) in [6.45, 7) is 7.78. The molecule has 1 aliphatic carbocycles. The smallest absolute Gasteiger partial charge is 0.334 e. The van der Waals surface area contributed by atoms with Gasteiger partial charge in [0.15, 0.2) is 0 Å². The van der Waals surface area contributed by atoms with Gasteiger partial charge in [0, 0.05) is 11.5 Å². The second-order valence-electron chi connectivity index (χ2n) is 5.25. The normalized spacial score (nSPS) is 39.2. The average molecular weight is 248 g/mol. The number of esters is 1. The molecule has 0 saturated carbocycles. The fourth-order valence-electron chi connectivity index (χ4n) is 2.51. The standard InChI is InChI=1S/C15H20O3/c1-9-5-4-6-10(2)13(16)8-12-11(3)15(17)18-14(12)7-9/h6-7,12-14,16H,3-5,8H2,1-2H3/b9-7+,10-6+/t12-,13+,14+/m0/s1. The van der Waals surface area contributed by atoms with E-state index in [1.807, 2.05) is 19.9 Å². The van der Waals surface area contributed by atoms with Crippen LogP contribution in [0.5, 0.6) is 0 Å². The van der Waals surface area contributed by atoms with Gasteiger partial charge in [-0.05, 0) is 44.8 Å². The first-order chi connectivity index (χ1) is 8.49. The zero-order valence-corrected chi connectivity index (χ0v) is 11.0. The van der Waals surface area contributed by atoms with Crippen LogP contribution in [0.2, 0.25) is 0 Å². The minimum atomic E-state index is -0.518. The zero-order chi connectivity index (χ0) is 13.3. The summed E-state index contributed by atoms with van der Waals surface area (Å²) in [5, 5.41) is 10.1. The van der Waals surface area contributed by atoms with Gasteiger partial charge in [0.2, 0.25) is 0 Å². The molecule has 3 atom stereocenters. The van der Waals surface area contributed by atoms with Crippen LogP contribution in [0.3, 0.4) is 0 Å². The van der Waals surface area contributed by atoms with Gasteiger partial charge in [-0.2, -0.15) is 0 Å². The van der Waals surface area contributed by atoms with E-state index in [0.29, 0.717) is 12.0 Å². The van der Waals surface area contributed by atoms with Crippen LogP contribution in [0.15, 0.2) is 35.5 Å². The lowest BCUT2D eigenvalue weighted by atomic mass is 9.87. The van der Waals surface area contributed by atoms with Crippen molar-refractivity contribution in [3.8, 4) is 0 Å². The van der Waals surface area contributed by atoms with Crippen molar-refractivity contribution in [3.63, 3.8) is 0 Å². The first-order valence-electron chi connectivity index (χ1n) is 6.41. The van der Waals surface area contributed by atoms with Crippen molar-refractivity contribution < 1.29 is 14.6 Å². The fourth-order valence-corrected chi connectivity index (χ4v) is 2.51. The molecule has 2 rings (SSSR count). The topological polar surface area (TPSA) is 46.5 Å². The Kier molecular flexibility index (Phi) is 3.71. The van der Waals surface area contributed by atoms with Gasteiger partial charge in [0.05, 0.1) is 6.10 Å². The van der Waals surface area contributed by atoms with E-state index in [1.54, 1.807) is 0 Å². The minimum absolute atomic E-state index is 0.108. The number of ether oxygens (including phenoxy) is 1. The Morgan fingerprint density at radius 2 is 2.17 bits per heavy atom. The molecule has 3 nitrogen and oxygen atoms in total. The molecular formula is C15H20O3. The highest BCUT2D eigenvalue weighted by molar-refractivity contribution is 5.91. The second kappa shape index (κ2) is 5.11. The van der Waals surface area contributed by atoms with Crippen LogP contribution in [-0.2, 0) is 9.53 Å². The zero-order valence-electron chi connectivity index (χ0n) is 11.0. The summed E-state index contributed by atoms with van der Waals surface area (Å²) >= 11 is 0. The lowest BCUT2D eigenvalue weighted by Crippen LogP contribution is -2.22. The van der Waals surface area contributed by atoms with Gasteiger partial charge < -0.3 is 9.84 Å². The number of aliphatic hydroxyl groups excluding tert-OH is 1. The minimum Gasteiger partial charge on any atom is -0.454 e. The number of aliphatic hydroxyl groups is 1. The van der Waals surface area contributed by atoms with Crippen LogP contribution in [0.1, 0.15) is 33.1 Å². The van der Waals surface area contributed by atoms with Crippen molar-refractivity contribution in [2.45, 2.75) is 45.3 Å². The third-order valence-electron chi connectivity index (χ3n) is 3.81. The Bertz CT molecular complexity index is 431. The summed E-state index contributed by atoms with van der Waals surface area (Å²) in [6, 6.07) is 0. The summed E-state index contributed by atoms with van der Waals surface area (Å²) in [5.41, 5.74) is 2.67. The highest BCUT2D eigenvalue weighted by Crippen LogP contribution is 2.34. The summed E-state index contributed by atoms with van der Waals surface area (Å²) in [4.78, 5) is 11.6. The van der Waals surface area contributed by atoms with Crippen molar-refractivity contribution in [1.29, 1.82) is 0 Å². The molecule has 98 valence electrons. The maximum atomic E-state index is 11.6.